The van der Waals surface area contributed by atoms with Gasteiger partial charge >= 0.3 is 0 Å². The number of aryl methyl sites for hydroxylation is 3. The molecule has 2 aromatic heterocycles. The molecule has 118 valence electrons. The van der Waals surface area contributed by atoms with Crippen LogP contribution in [-0.4, -0.2) is 15.5 Å². The van der Waals surface area contributed by atoms with Crippen molar-refractivity contribution >= 4 is 27.5 Å². The first-order valence-electron chi connectivity index (χ1n) is 7.40. The van der Waals surface area contributed by atoms with Gasteiger partial charge in [0, 0.05) is 6.54 Å². The highest BCUT2D eigenvalue weighted by molar-refractivity contribution is 7.20. The molecule has 1 aromatic carbocycles. The molecular weight excluding hydrogens is 310 g/mol. The number of nitrogens with zero attached hydrogens (tertiary/aromatic N) is 2. The normalized spacial score (nSPS) is 11.0. The van der Waals surface area contributed by atoms with E-state index in [1.807, 2.05) is 18.2 Å². The van der Waals surface area contributed by atoms with Crippen molar-refractivity contribution in [1.29, 1.82) is 0 Å². The third kappa shape index (κ3) is 3.03. The van der Waals surface area contributed by atoms with Crippen LogP contribution in [0.4, 0.5) is 0 Å². The molecule has 6 heteroatoms. The molecule has 1 amide bonds. The minimum Gasteiger partial charge on any atom is -0.365 e. The number of fused-ring (bicyclic) bond motifs is 1. The fraction of sp³-hybridized carbons (Fsp3) is 0.235. The Bertz CT molecular complexity index is 913. The highest BCUT2D eigenvalue weighted by Crippen LogP contribution is 2.26. The second-order valence-electron chi connectivity index (χ2n) is 5.43. The van der Waals surface area contributed by atoms with Crippen LogP contribution in [-0.2, 0) is 13.0 Å². The van der Waals surface area contributed by atoms with Crippen LogP contribution in [0.15, 0.2) is 41.5 Å². The molecule has 0 saturated heterocycles. The van der Waals surface area contributed by atoms with E-state index in [1.165, 1.54) is 16.9 Å². The van der Waals surface area contributed by atoms with Crippen molar-refractivity contribution in [2.75, 3.05) is 0 Å². The molecule has 2 heterocycles. The van der Waals surface area contributed by atoms with Crippen LogP contribution in [0.5, 0.6) is 0 Å². The topological polar surface area (TPSA) is 78.0 Å². The van der Waals surface area contributed by atoms with Gasteiger partial charge in [0.25, 0.3) is 11.5 Å². The number of hydrogen-bond acceptors (Lipinski definition) is 4. The molecule has 0 aliphatic carbocycles. The number of amides is 1. The van der Waals surface area contributed by atoms with Crippen LogP contribution in [0.2, 0.25) is 0 Å². The zero-order chi connectivity index (χ0) is 16.4. The van der Waals surface area contributed by atoms with E-state index in [0.29, 0.717) is 27.2 Å². The van der Waals surface area contributed by atoms with Crippen LogP contribution >= 0.6 is 11.3 Å². The van der Waals surface area contributed by atoms with E-state index in [-0.39, 0.29) is 5.56 Å². The number of carbonyl (C=O) groups is 1. The fourth-order valence-corrected chi connectivity index (χ4v) is 3.64. The molecule has 3 aromatic rings. The average molecular weight is 327 g/mol. The molecule has 0 spiro atoms. The van der Waals surface area contributed by atoms with Crippen molar-refractivity contribution in [1.82, 2.24) is 9.55 Å². The van der Waals surface area contributed by atoms with Crippen molar-refractivity contribution in [3.05, 3.63) is 63.0 Å². The fourth-order valence-electron chi connectivity index (χ4n) is 2.65. The second kappa shape index (κ2) is 6.34. The molecule has 5 nitrogen and oxygen atoms in total. The quantitative estimate of drug-likeness (QED) is 0.782. The van der Waals surface area contributed by atoms with E-state index in [2.05, 4.69) is 17.1 Å². The van der Waals surface area contributed by atoms with Crippen LogP contribution in [0.3, 0.4) is 0 Å². The van der Waals surface area contributed by atoms with Crippen molar-refractivity contribution in [2.24, 2.45) is 5.73 Å². The number of thiophene rings is 1. The zero-order valence-electron chi connectivity index (χ0n) is 12.8. The summed E-state index contributed by atoms with van der Waals surface area (Å²) in [6, 6.07) is 10.2. The minimum atomic E-state index is -0.513. The summed E-state index contributed by atoms with van der Waals surface area (Å²) in [5.74, 6) is -0.513. The van der Waals surface area contributed by atoms with Gasteiger partial charge in [-0.3, -0.25) is 14.2 Å². The van der Waals surface area contributed by atoms with Gasteiger partial charge in [-0.15, -0.1) is 11.3 Å². The average Bonchev–Trinajstić information content (AvgIpc) is 2.88. The Morgan fingerprint density at radius 1 is 1.30 bits per heavy atom. The summed E-state index contributed by atoms with van der Waals surface area (Å²) in [7, 11) is 0. The van der Waals surface area contributed by atoms with E-state index in [9.17, 15) is 9.59 Å². The number of nitrogens with two attached hydrogens (primary N) is 1. The number of hydrogen-bond donors (Lipinski definition) is 1. The van der Waals surface area contributed by atoms with Crippen molar-refractivity contribution in [3.63, 3.8) is 0 Å². The number of primary amides is 1. The Balaban J connectivity index is 1.84. The summed E-state index contributed by atoms with van der Waals surface area (Å²) in [6.45, 7) is 2.34. The molecule has 3 rings (SSSR count). The second-order valence-corrected chi connectivity index (χ2v) is 6.43. The third-order valence-corrected chi connectivity index (χ3v) is 5.06. The molecule has 0 fully saturated rings. The maximum absolute atomic E-state index is 12.6. The monoisotopic (exact) mass is 327 g/mol. The van der Waals surface area contributed by atoms with Crippen molar-refractivity contribution in [2.45, 2.75) is 26.3 Å². The number of rotatable bonds is 5. The molecule has 23 heavy (non-hydrogen) atoms. The van der Waals surface area contributed by atoms with E-state index < -0.39 is 5.91 Å². The first-order valence-corrected chi connectivity index (χ1v) is 8.22. The molecule has 0 saturated carbocycles. The number of carbonyl (C=O) groups excluding carboxylic acids is 1. The van der Waals surface area contributed by atoms with Gasteiger partial charge in [-0.1, -0.05) is 30.3 Å². The first-order chi connectivity index (χ1) is 11.1. The predicted molar refractivity (Wildman–Crippen MR) is 91.9 cm³/mol. The van der Waals surface area contributed by atoms with Gasteiger partial charge < -0.3 is 5.73 Å². The molecule has 0 atom stereocenters. The Morgan fingerprint density at radius 3 is 2.74 bits per heavy atom. The van der Waals surface area contributed by atoms with Crippen LogP contribution < -0.4 is 11.3 Å². The number of aromatic nitrogens is 2. The summed E-state index contributed by atoms with van der Waals surface area (Å²) in [5, 5.41) is 0.506. The Hall–Kier alpha value is -2.47. The minimum absolute atomic E-state index is 0.107. The molecule has 0 bridgehead atoms. The van der Waals surface area contributed by atoms with Gasteiger partial charge in [0.15, 0.2) is 0 Å². The van der Waals surface area contributed by atoms with Crippen LogP contribution in [0.25, 0.3) is 10.2 Å². The summed E-state index contributed by atoms with van der Waals surface area (Å²) in [4.78, 5) is 29.3. The maximum Gasteiger partial charge on any atom is 0.262 e. The largest absolute Gasteiger partial charge is 0.365 e. The maximum atomic E-state index is 12.6. The van der Waals surface area contributed by atoms with Gasteiger partial charge in [-0.2, -0.15) is 0 Å². The first kappa shape index (κ1) is 15.4. The summed E-state index contributed by atoms with van der Waals surface area (Å²) < 4.78 is 1.61. The molecule has 2 N–H and O–H groups in total. The summed E-state index contributed by atoms with van der Waals surface area (Å²) in [6.07, 6.45) is 3.31. The molecule has 0 radical (unpaired) electrons. The van der Waals surface area contributed by atoms with E-state index in [1.54, 1.807) is 17.8 Å². The highest BCUT2D eigenvalue weighted by Gasteiger charge is 2.17. The predicted octanol–water partition coefficient (Wildman–Crippen LogP) is 2.50. The van der Waals surface area contributed by atoms with Gasteiger partial charge in [-0.05, 0) is 30.9 Å². The van der Waals surface area contributed by atoms with Crippen molar-refractivity contribution in [3.8, 4) is 0 Å². The summed E-state index contributed by atoms with van der Waals surface area (Å²) >= 11 is 1.18. The molecule has 0 aliphatic heterocycles. The smallest absolute Gasteiger partial charge is 0.262 e. The lowest BCUT2D eigenvalue weighted by Gasteiger charge is -2.05. The van der Waals surface area contributed by atoms with Gasteiger partial charge in [0.05, 0.1) is 16.6 Å². The Labute approximate surface area is 137 Å². The SMILES string of the molecule is Cc1c(C(N)=O)sc2ncn(CCCc3ccccc3)c(=O)c12. The van der Waals surface area contributed by atoms with E-state index in [4.69, 9.17) is 5.73 Å². The lowest BCUT2D eigenvalue weighted by atomic mass is 10.1. The summed E-state index contributed by atoms with van der Waals surface area (Å²) in [5.41, 5.74) is 7.12. The van der Waals surface area contributed by atoms with Crippen LogP contribution in [0, 0.1) is 6.92 Å². The van der Waals surface area contributed by atoms with E-state index >= 15 is 0 Å². The standard InChI is InChI=1S/C17H17N3O2S/c1-11-13-16(23-14(11)15(18)21)19-10-20(17(13)22)9-5-8-12-6-3-2-4-7-12/h2-4,6-7,10H,5,8-9H2,1H3,(H2,18,21). The number of benzene rings is 1. The lowest BCUT2D eigenvalue weighted by Crippen LogP contribution is -2.21. The van der Waals surface area contributed by atoms with Gasteiger partial charge in [0.1, 0.15) is 4.83 Å². The highest BCUT2D eigenvalue weighted by atomic mass is 32.1. The Kier molecular flexibility index (Phi) is 4.25. The lowest BCUT2D eigenvalue weighted by molar-refractivity contribution is 0.100. The molecular formula is C17H17N3O2S. The van der Waals surface area contributed by atoms with Gasteiger partial charge in [0.2, 0.25) is 0 Å². The third-order valence-electron chi connectivity index (χ3n) is 3.85. The Morgan fingerprint density at radius 2 is 2.04 bits per heavy atom. The molecule has 0 unspecified atom stereocenters. The van der Waals surface area contributed by atoms with Gasteiger partial charge in [-0.25, -0.2) is 4.98 Å². The van der Waals surface area contributed by atoms with E-state index in [0.717, 1.165) is 12.8 Å². The molecule has 0 aliphatic rings. The van der Waals surface area contributed by atoms with Crippen LogP contribution in [0.1, 0.15) is 27.2 Å². The zero-order valence-corrected chi connectivity index (χ0v) is 13.6. The van der Waals surface area contributed by atoms with Crippen molar-refractivity contribution < 1.29 is 4.79 Å².